The molecule has 0 aromatic carbocycles. The zero-order valence-electron chi connectivity index (χ0n) is 5.47. The summed E-state index contributed by atoms with van der Waals surface area (Å²) in [6, 6.07) is 0. The van der Waals surface area contributed by atoms with Crippen molar-refractivity contribution in [3.05, 3.63) is 24.3 Å². The molecule has 0 aromatic rings. The van der Waals surface area contributed by atoms with Crippen molar-refractivity contribution >= 4 is 0 Å². The molecule has 0 nitrogen and oxygen atoms in total. The van der Waals surface area contributed by atoms with Crippen LogP contribution in [0.25, 0.3) is 0 Å². The third-order valence-corrected chi connectivity index (χ3v) is 1.33. The van der Waals surface area contributed by atoms with Crippen LogP contribution in [0.3, 0.4) is 0 Å². The summed E-state index contributed by atoms with van der Waals surface area (Å²) < 4.78 is 0. The molecule has 0 bridgehead atoms. The van der Waals surface area contributed by atoms with E-state index in [4.69, 9.17) is 0 Å². The van der Waals surface area contributed by atoms with Crippen molar-refractivity contribution in [2.75, 3.05) is 0 Å². The van der Waals surface area contributed by atoms with E-state index in [0.717, 1.165) is 0 Å². The molecule has 0 unspecified atom stereocenters. The molecule has 0 heterocycles. The zero-order chi connectivity index (χ0) is 5.66. The standard InChI is InChI=1S/C8H12.Ir/c1-2-4-6-8-7-5-3-1;/h1-2,7-8H,3-6H2;/b2-1-,8-7-;. The second-order valence-corrected chi connectivity index (χ2v) is 2.10. The van der Waals surface area contributed by atoms with Gasteiger partial charge in [-0.15, -0.1) is 0 Å². The molecule has 0 saturated heterocycles. The SMILES string of the molecule is C1=C\CC/C=C\CC/1.[Ir]. The maximum absolute atomic E-state index is 2.27. The van der Waals surface area contributed by atoms with E-state index >= 15 is 0 Å². The minimum Gasteiger partial charge on any atom is -0.0882 e. The van der Waals surface area contributed by atoms with Crippen LogP contribution in [0.4, 0.5) is 0 Å². The predicted molar refractivity (Wildman–Crippen MR) is 36.7 cm³/mol. The summed E-state index contributed by atoms with van der Waals surface area (Å²) in [5.74, 6) is 0. The van der Waals surface area contributed by atoms with Crippen LogP contribution in [0.15, 0.2) is 24.3 Å². The van der Waals surface area contributed by atoms with Crippen LogP contribution in [-0.2, 0) is 20.1 Å². The first-order chi connectivity index (χ1) is 4.00. The molecular formula is C8H12Ir. The van der Waals surface area contributed by atoms with Crippen molar-refractivity contribution in [3.8, 4) is 0 Å². The van der Waals surface area contributed by atoms with Crippen molar-refractivity contribution < 1.29 is 20.1 Å². The Hall–Kier alpha value is 0.129. The van der Waals surface area contributed by atoms with Crippen LogP contribution in [0, 0.1) is 0 Å². The van der Waals surface area contributed by atoms with Gasteiger partial charge in [0.05, 0.1) is 0 Å². The van der Waals surface area contributed by atoms with E-state index in [9.17, 15) is 0 Å². The number of allylic oxidation sites excluding steroid dienone is 4. The number of rotatable bonds is 0. The van der Waals surface area contributed by atoms with E-state index in [0.29, 0.717) is 0 Å². The number of hydrogen-bond acceptors (Lipinski definition) is 0. The minimum atomic E-state index is 0. The fourth-order valence-electron chi connectivity index (χ4n) is 0.856. The molecule has 0 spiro atoms. The summed E-state index contributed by atoms with van der Waals surface area (Å²) in [5.41, 5.74) is 0. The Morgan fingerprint density at radius 3 is 1.00 bits per heavy atom. The molecule has 0 amide bonds. The van der Waals surface area contributed by atoms with Crippen LogP contribution in [0.2, 0.25) is 0 Å². The Morgan fingerprint density at radius 1 is 0.556 bits per heavy atom. The van der Waals surface area contributed by atoms with Gasteiger partial charge in [-0.3, -0.25) is 0 Å². The van der Waals surface area contributed by atoms with Gasteiger partial charge in [-0.05, 0) is 25.7 Å². The van der Waals surface area contributed by atoms with E-state index in [1.54, 1.807) is 0 Å². The van der Waals surface area contributed by atoms with Gasteiger partial charge in [-0.1, -0.05) is 24.3 Å². The average Bonchev–Trinajstić information content (AvgIpc) is 1.62. The van der Waals surface area contributed by atoms with E-state index < -0.39 is 0 Å². The summed E-state index contributed by atoms with van der Waals surface area (Å²) in [5, 5.41) is 0. The monoisotopic (exact) mass is 301 g/mol. The third-order valence-electron chi connectivity index (χ3n) is 1.33. The molecule has 0 saturated carbocycles. The molecular weight excluding hydrogens is 288 g/mol. The molecule has 0 atom stereocenters. The smallest absolute Gasteiger partial charge is 0 e. The van der Waals surface area contributed by atoms with Gasteiger partial charge in [0.1, 0.15) is 0 Å². The molecule has 0 aromatic heterocycles. The average molecular weight is 300 g/mol. The van der Waals surface area contributed by atoms with Crippen LogP contribution in [0.5, 0.6) is 0 Å². The Bertz CT molecular complexity index is 77.1. The van der Waals surface area contributed by atoms with E-state index in [-0.39, 0.29) is 20.1 Å². The van der Waals surface area contributed by atoms with Gasteiger partial charge in [0.25, 0.3) is 0 Å². The zero-order valence-corrected chi connectivity index (χ0v) is 7.87. The maximum atomic E-state index is 2.27. The first-order valence-corrected chi connectivity index (χ1v) is 3.30. The summed E-state index contributed by atoms with van der Waals surface area (Å²) in [6.07, 6.45) is 14.0. The van der Waals surface area contributed by atoms with Gasteiger partial charge < -0.3 is 0 Å². The topological polar surface area (TPSA) is 0 Å². The molecule has 1 aliphatic rings. The van der Waals surface area contributed by atoms with Crippen LogP contribution in [-0.4, -0.2) is 0 Å². The number of hydrogen-bond donors (Lipinski definition) is 0. The van der Waals surface area contributed by atoms with Gasteiger partial charge >= 0.3 is 0 Å². The molecule has 1 radical (unpaired) electrons. The third kappa shape index (κ3) is 4.62. The van der Waals surface area contributed by atoms with Crippen molar-refractivity contribution in [1.29, 1.82) is 0 Å². The summed E-state index contributed by atoms with van der Waals surface area (Å²) in [7, 11) is 0. The normalized spacial score (nSPS) is 24.9. The second-order valence-electron chi connectivity index (χ2n) is 2.10. The van der Waals surface area contributed by atoms with E-state index in [2.05, 4.69) is 24.3 Å². The van der Waals surface area contributed by atoms with Crippen LogP contribution >= 0.6 is 0 Å². The van der Waals surface area contributed by atoms with Crippen molar-refractivity contribution in [3.63, 3.8) is 0 Å². The fraction of sp³-hybridized carbons (Fsp3) is 0.500. The van der Waals surface area contributed by atoms with Crippen LogP contribution in [0.1, 0.15) is 25.7 Å². The van der Waals surface area contributed by atoms with Crippen molar-refractivity contribution in [2.45, 2.75) is 25.7 Å². The molecule has 1 aliphatic carbocycles. The Balaban J connectivity index is 0.000000640. The first-order valence-electron chi connectivity index (χ1n) is 3.30. The second kappa shape index (κ2) is 6.25. The van der Waals surface area contributed by atoms with Gasteiger partial charge in [-0.25, -0.2) is 0 Å². The molecule has 53 valence electrons. The summed E-state index contributed by atoms with van der Waals surface area (Å²) in [4.78, 5) is 0. The van der Waals surface area contributed by atoms with Gasteiger partial charge in [0, 0.05) is 20.1 Å². The minimum absolute atomic E-state index is 0. The molecule has 0 fully saturated rings. The predicted octanol–water partition coefficient (Wildman–Crippen LogP) is 2.67. The maximum Gasteiger partial charge on any atom is 0 e. The van der Waals surface area contributed by atoms with Crippen LogP contribution < -0.4 is 0 Å². The van der Waals surface area contributed by atoms with Crippen molar-refractivity contribution in [1.82, 2.24) is 0 Å². The van der Waals surface area contributed by atoms with Gasteiger partial charge in [0.15, 0.2) is 0 Å². The van der Waals surface area contributed by atoms with E-state index in [1.807, 2.05) is 0 Å². The fourth-order valence-corrected chi connectivity index (χ4v) is 0.856. The molecule has 0 N–H and O–H groups in total. The summed E-state index contributed by atoms with van der Waals surface area (Å²) in [6.45, 7) is 0. The Kier molecular flexibility index (Phi) is 6.34. The Morgan fingerprint density at radius 2 is 0.778 bits per heavy atom. The molecule has 9 heavy (non-hydrogen) atoms. The van der Waals surface area contributed by atoms with Gasteiger partial charge in [0.2, 0.25) is 0 Å². The van der Waals surface area contributed by atoms with Crippen molar-refractivity contribution in [2.24, 2.45) is 0 Å². The first kappa shape index (κ1) is 9.13. The largest absolute Gasteiger partial charge is 0.0882 e. The van der Waals surface area contributed by atoms with Gasteiger partial charge in [-0.2, -0.15) is 0 Å². The molecule has 1 rings (SSSR count). The van der Waals surface area contributed by atoms with E-state index in [1.165, 1.54) is 25.7 Å². The molecule has 0 aliphatic heterocycles. The summed E-state index contributed by atoms with van der Waals surface area (Å²) >= 11 is 0. The molecule has 1 heteroatoms. The quantitative estimate of drug-likeness (QED) is 0.603. The Labute approximate surface area is 70.4 Å².